The number of para-hydroxylation sites is 1. The zero-order chi connectivity index (χ0) is 21.5. The third-order valence-electron chi connectivity index (χ3n) is 5.18. The lowest BCUT2D eigenvalue weighted by molar-refractivity contribution is 0.0937. The van der Waals surface area contributed by atoms with E-state index in [0.717, 1.165) is 19.3 Å². The molecule has 0 aliphatic carbocycles. The number of carbonyl (C=O) groups excluding carboxylic acids is 1. The zero-order valence-electron chi connectivity index (χ0n) is 17.9. The van der Waals surface area contributed by atoms with E-state index in [9.17, 15) is 9.59 Å². The predicted molar refractivity (Wildman–Crippen MR) is 119 cm³/mol. The van der Waals surface area contributed by atoms with Gasteiger partial charge in [0.15, 0.2) is 0 Å². The first-order chi connectivity index (χ1) is 14.5. The van der Waals surface area contributed by atoms with Crippen molar-refractivity contribution in [2.45, 2.75) is 45.7 Å². The Labute approximate surface area is 176 Å². The van der Waals surface area contributed by atoms with Crippen molar-refractivity contribution in [3.8, 4) is 0 Å². The molecule has 0 saturated carbocycles. The van der Waals surface area contributed by atoms with Gasteiger partial charge < -0.3 is 10.1 Å². The van der Waals surface area contributed by atoms with E-state index >= 15 is 0 Å². The molecule has 3 aromatic rings. The topological polar surface area (TPSA) is 73.2 Å². The minimum Gasteiger partial charge on any atom is -0.383 e. The maximum atomic E-state index is 13.0. The van der Waals surface area contributed by atoms with Gasteiger partial charge in [-0.15, -0.1) is 0 Å². The number of unbranched alkanes of at least 4 members (excludes halogenated alkanes) is 1. The van der Waals surface area contributed by atoms with Crippen LogP contribution >= 0.6 is 0 Å². The Morgan fingerprint density at radius 1 is 1.17 bits per heavy atom. The van der Waals surface area contributed by atoms with E-state index in [1.54, 1.807) is 17.7 Å². The number of fused-ring (bicyclic) bond motifs is 1. The third kappa shape index (κ3) is 4.94. The lowest BCUT2D eigenvalue weighted by atomic mass is 10.1. The van der Waals surface area contributed by atoms with Crippen molar-refractivity contribution in [3.63, 3.8) is 0 Å². The van der Waals surface area contributed by atoms with Crippen LogP contribution < -0.4 is 10.9 Å². The lowest BCUT2D eigenvalue weighted by Crippen LogP contribution is -2.34. The number of aromatic nitrogens is 2. The molecule has 30 heavy (non-hydrogen) atoms. The average molecular weight is 408 g/mol. The second-order valence-electron chi connectivity index (χ2n) is 7.43. The Balaban J connectivity index is 1.85. The molecule has 0 aliphatic rings. The molecule has 3 rings (SSSR count). The summed E-state index contributed by atoms with van der Waals surface area (Å²) in [7, 11) is 1.59. The van der Waals surface area contributed by atoms with Crippen molar-refractivity contribution < 1.29 is 9.53 Å². The van der Waals surface area contributed by atoms with Gasteiger partial charge >= 0.3 is 0 Å². The summed E-state index contributed by atoms with van der Waals surface area (Å²) in [5, 5.41) is 3.54. The Morgan fingerprint density at radius 3 is 2.60 bits per heavy atom. The first kappa shape index (κ1) is 21.7. The molecule has 1 atom stereocenters. The van der Waals surface area contributed by atoms with Crippen LogP contribution in [0.2, 0.25) is 0 Å². The highest BCUT2D eigenvalue weighted by molar-refractivity contribution is 5.94. The lowest BCUT2D eigenvalue weighted by Gasteiger charge is -2.19. The Bertz CT molecular complexity index is 1060. The van der Waals surface area contributed by atoms with E-state index in [2.05, 4.69) is 17.2 Å². The smallest absolute Gasteiger partial charge is 0.261 e. The molecule has 0 radical (unpaired) electrons. The number of aryl methyl sites for hydroxylation is 1. The normalized spacial score (nSPS) is 12.1. The summed E-state index contributed by atoms with van der Waals surface area (Å²) in [6.07, 6.45) is 3.29. The molecule has 1 unspecified atom stereocenters. The van der Waals surface area contributed by atoms with Gasteiger partial charge in [0.2, 0.25) is 0 Å². The van der Waals surface area contributed by atoms with Crippen LogP contribution in [-0.2, 0) is 17.7 Å². The maximum absolute atomic E-state index is 13.0. The molecule has 158 valence electrons. The summed E-state index contributed by atoms with van der Waals surface area (Å²) in [5.41, 5.74) is 2.31. The van der Waals surface area contributed by atoms with Crippen LogP contribution in [0.3, 0.4) is 0 Å². The van der Waals surface area contributed by atoms with Gasteiger partial charge in [0.25, 0.3) is 11.5 Å². The van der Waals surface area contributed by atoms with Crippen molar-refractivity contribution >= 4 is 16.8 Å². The zero-order valence-corrected chi connectivity index (χ0v) is 17.9. The van der Waals surface area contributed by atoms with Crippen molar-refractivity contribution in [1.29, 1.82) is 0 Å². The highest BCUT2D eigenvalue weighted by atomic mass is 16.5. The van der Waals surface area contributed by atoms with E-state index in [1.807, 2.05) is 49.4 Å². The van der Waals surface area contributed by atoms with Crippen LogP contribution in [0.5, 0.6) is 0 Å². The molecule has 6 heteroatoms. The highest BCUT2D eigenvalue weighted by Crippen LogP contribution is 2.15. The van der Waals surface area contributed by atoms with E-state index in [4.69, 9.17) is 4.74 Å². The fourth-order valence-corrected chi connectivity index (χ4v) is 3.46. The Morgan fingerprint density at radius 2 is 1.90 bits per heavy atom. The fourth-order valence-electron chi connectivity index (χ4n) is 3.46. The summed E-state index contributed by atoms with van der Waals surface area (Å²) in [4.78, 5) is 30.4. The maximum Gasteiger partial charge on any atom is 0.261 e. The number of carbonyl (C=O) groups is 1. The molecular weight excluding hydrogens is 378 g/mol. The number of rotatable bonds is 9. The van der Waals surface area contributed by atoms with E-state index in [1.165, 1.54) is 5.56 Å². The molecule has 6 nitrogen and oxygen atoms in total. The number of hydrogen-bond donors (Lipinski definition) is 1. The van der Waals surface area contributed by atoms with Crippen molar-refractivity contribution in [1.82, 2.24) is 14.9 Å². The summed E-state index contributed by atoms with van der Waals surface area (Å²) in [6.45, 7) is 4.76. The molecular formula is C24H29N3O3. The van der Waals surface area contributed by atoms with Gasteiger partial charge in [0, 0.05) is 12.7 Å². The van der Waals surface area contributed by atoms with Gasteiger partial charge in [-0.2, -0.15) is 0 Å². The van der Waals surface area contributed by atoms with E-state index in [0.29, 0.717) is 35.4 Å². The van der Waals surface area contributed by atoms with Gasteiger partial charge in [0.1, 0.15) is 5.82 Å². The standard InChI is InChI=1S/C24H29N3O3/c1-4-5-8-18-11-13-19(14-12-18)23(28)25-17(2)22-26-21-10-7-6-9-20(21)24(29)27(22)15-16-30-3/h6-7,9-14,17H,4-5,8,15-16H2,1-3H3,(H,25,28). The van der Waals surface area contributed by atoms with Gasteiger partial charge in [-0.1, -0.05) is 37.6 Å². The molecule has 0 bridgehead atoms. The molecule has 1 heterocycles. The summed E-state index contributed by atoms with van der Waals surface area (Å²) in [5.74, 6) is 0.328. The molecule has 1 aromatic heterocycles. The van der Waals surface area contributed by atoms with Crippen LogP contribution in [-0.4, -0.2) is 29.2 Å². The minimum absolute atomic E-state index is 0.131. The van der Waals surface area contributed by atoms with Crippen molar-refractivity contribution in [2.75, 3.05) is 13.7 Å². The molecule has 0 fully saturated rings. The summed E-state index contributed by atoms with van der Waals surface area (Å²) < 4.78 is 6.75. The van der Waals surface area contributed by atoms with Crippen LogP contribution in [0.15, 0.2) is 53.3 Å². The quantitative estimate of drug-likeness (QED) is 0.584. The second-order valence-corrected chi connectivity index (χ2v) is 7.43. The third-order valence-corrected chi connectivity index (χ3v) is 5.18. The number of nitrogens with one attached hydrogen (secondary N) is 1. The minimum atomic E-state index is -0.438. The summed E-state index contributed by atoms with van der Waals surface area (Å²) in [6, 6.07) is 14.5. The van der Waals surface area contributed by atoms with Gasteiger partial charge in [-0.25, -0.2) is 4.98 Å². The molecule has 1 N–H and O–H groups in total. The first-order valence-electron chi connectivity index (χ1n) is 10.4. The fraction of sp³-hybridized carbons (Fsp3) is 0.375. The summed E-state index contributed by atoms with van der Waals surface area (Å²) >= 11 is 0. The Hall–Kier alpha value is -2.99. The number of benzene rings is 2. The van der Waals surface area contributed by atoms with E-state index in [-0.39, 0.29) is 11.5 Å². The predicted octanol–water partition coefficient (Wildman–Crippen LogP) is 3.88. The largest absolute Gasteiger partial charge is 0.383 e. The van der Waals surface area contributed by atoms with Crippen LogP contribution in [0, 0.1) is 0 Å². The molecule has 0 saturated heterocycles. The molecule has 0 spiro atoms. The number of hydrogen-bond acceptors (Lipinski definition) is 4. The number of ether oxygens (including phenoxy) is 1. The monoisotopic (exact) mass is 407 g/mol. The number of methoxy groups -OCH3 is 1. The molecule has 2 aromatic carbocycles. The Kier molecular flexibility index (Phi) is 7.36. The number of nitrogens with zero attached hydrogens (tertiary/aromatic N) is 2. The van der Waals surface area contributed by atoms with Crippen LogP contribution in [0.25, 0.3) is 10.9 Å². The van der Waals surface area contributed by atoms with E-state index < -0.39 is 6.04 Å². The average Bonchev–Trinajstić information content (AvgIpc) is 2.77. The van der Waals surface area contributed by atoms with Gasteiger partial charge in [0.05, 0.1) is 30.1 Å². The van der Waals surface area contributed by atoms with Crippen LogP contribution in [0.4, 0.5) is 0 Å². The second kappa shape index (κ2) is 10.2. The van der Waals surface area contributed by atoms with Gasteiger partial charge in [-0.05, 0) is 49.6 Å². The van der Waals surface area contributed by atoms with Crippen LogP contribution in [0.1, 0.15) is 54.5 Å². The van der Waals surface area contributed by atoms with Crippen molar-refractivity contribution in [2.24, 2.45) is 0 Å². The SMILES string of the molecule is CCCCc1ccc(C(=O)NC(C)c2nc3ccccc3c(=O)n2CCOC)cc1. The van der Waals surface area contributed by atoms with Gasteiger partial charge in [-0.3, -0.25) is 14.2 Å². The highest BCUT2D eigenvalue weighted by Gasteiger charge is 2.19. The first-order valence-corrected chi connectivity index (χ1v) is 10.4. The molecule has 1 amide bonds. The molecule has 0 aliphatic heterocycles. The van der Waals surface area contributed by atoms with Crippen molar-refractivity contribution in [3.05, 3.63) is 75.8 Å². The number of amides is 1.